The zero-order valence-corrected chi connectivity index (χ0v) is 43.2. The molecule has 0 saturated heterocycles. The number of nitrogens with zero attached hydrogens (tertiary/aromatic N) is 4. The molecule has 406 valence electrons. The Morgan fingerprint density at radius 1 is 0.372 bits per heavy atom. The van der Waals surface area contributed by atoms with Gasteiger partial charge in [-0.1, -0.05) is 0 Å². The zero-order chi connectivity index (χ0) is 57.8. The van der Waals surface area contributed by atoms with Crippen LogP contribution in [0.1, 0.15) is 41.4 Å². The van der Waals surface area contributed by atoms with Crippen LogP contribution < -0.4 is 10.6 Å². The minimum absolute atomic E-state index is 0.140. The Morgan fingerprint density at radius 2 is 0.679 bits per heavy atom. The van der Waals surface area contributed by atoms with Gasteiger partial charge in [0, 0.05) is 38.9 Å². The van der Waals surface area contributed by atoms with Crippen LogP contribution in [0.4, 0.5) is 34.1 Å². The largest absolute Gasteiger partial charge is 0.478 e. The monoisotopic (exact) mass is 1190 g/mol. The number of benzene rings is 7. The molecule has 35 heteroatoms. The van der Waals surface area contributed by atoms with E-state index in [9.17, 15) is 103 Å². The Kier molecular flexibility index (Phi) is 15.1. The first-order valence-corrected chi connectivity index (χ1v) is 29.6. The molecule has 0 bridgehead atoms. The molecule has 29 nitrogen and oxygen atoms in total. The molecule has 0 unspecified atom stereocenters. The van der Waals surface area contributed by atoms with Crippen molar-refractivity contribution in [2.75, 3.05) is 16.9 Å². The van der Waals surface area contributed by atoms with Crippen LogP contribution in [-0.2, 0) is 60.4 Å². The van der Waals surface area contributed by atoms with Crippen LogP contribution in [0.15, 0.2) is 159 Å². The minimum atomic E-state index is -5.36. The van der Waals surface area contributed by atoms with Gasteiger partial charge in [0.05, 0.1) is 55.0 Å². The Morgan fingerprint density at radius 3 is 1.00 bits per heavy atom. The van der Waals surface area contributed by atoms with Crippen molar-refractivity contribution in [3.05, 3.63) is 131 Å². The molecule has 0 fully saturated rings. The van der Waals surface area contributed by atoms with Gasteiger partial charge in [0.25, 0.3) is 62.4 Å². The van der Waals surface area contributed by atoms with E-state index in [0.717, 1.165) is 78.9 Å². The highest BCUT2D eigenvalue weighted by Crippen LogP contribution is 2.38. The van der Waals surface area contributed by atoms with Crippen molar-refractivity contribution in [2.45, 2.75) is 29.4 Å². The number of fused-ring (bicyclic) bond motifs is 2. The van der Waals surface area contributed by atoms with Gasteiger partial charge in [0.15, 0.2) is 9.84 Å². The van der Waals surface area contributed by atoms with Crippen LogP contribution in [0.5, 0.6) is 0 Å². The highest BCUT2D eigenvalue weighted by molar-refractivity contribution is 7.91. The van der Waals surface area contributed by atoms with Gasteiger partial charge in [-0.2, -0.15) is 62.5 Å². The maximum absolute atomic E-state index is 13.3. The smallest absolute Gasteiger partial charge is 0.337 e. The van der Waals surface area contributed by atoms with E-state index in [2.05, 4.69) is 31.1 Å². The van der Waals surface area contributed by atoms with Gasteiger partial charge >= 0.3 is 11.9 Å². The van der Waals surface area contributed by atoms with E-state index in [4.69, 9.17) is 0 Å². The van der Waals surface area contributed by atoms with Crippen molar-refractivity contribution in [1.29, 1.82) is 0 Å². The summed E-state index contributed by atoms with van der Waals surface area (Å²) < 4.78 is 196. The van der Waals surface area contributed by atoms with E-state index in [1.165, 1.54) is 0 Å². The molecule has 0 radical (unpaired) electrons. The van der Waals surface area contributed by atoms with Crippen LogP contribution in [0.2, 0.25) is 0 Å². The second-order valence-electron chi connectivity index (χ2n) is 16.0. The van der Waals surface area contributed by atoms with E-state index in [1.54, 1.807) is 0 Å². The summed E-state index contributed by atoms with van der Waals surface area (Å²) in [5, 5.41) is 37.1. The number of sulfone groups is 1. The Bertz CT molecular complexity index is 4300. The third-order valence-corrected chi connectivity index (χ3v) is 16.2. The van der Waals surface area contributed by atoms with E-state index in [1.807, 2.05) is 0 Å². The Hall–Kier alpha value is -8.36. The summed E-state index contributed by atoms with van der Waals surface area (Å²) >= 11 is 0. The van der Waals surface area contributed by atoms with Gasteiger partial charge in [-0.3, -0.25) is 32.4 Å². The summed E-state index contributed by atoms with van der Waals surface area (Å²) in [6.07, 6.45) is 0.669. The first-order valence-electron chi connectivity index (χ1n) is 20.5. The number of amides is 2. The van der Waals surface area contributed by atoms with Gasteiger partial charge in [0.2, 0.25) is 0 Å². The number of carbonyl (C=O) groups is 4. The van der Waals surface area contributed by atoms with Gasteiger partial charge in [-0.05, 0) is 109 Å². The van der Waals surface area contributed by atoms with Crippen molar-refractivity contribution in [1.82, 2.24) is 0 Å². The van der Waals surface area contributed by atoms with Crippen LogP contribution in [0.25, 0.3) is 21.5 Å². The zero-order valence-electron chi connectivity index (χ0n) is 38.3. The van der Waals surface area contributed by atoms with Gasteiger partial charge in [0.1, 0.15) is 19.6 Å². The second-order valence-corrected chi connectivity index (χ2v) is 25.0. The lowest BCUT2D eigenvalue weighted by Gasteiger charge is -2.12. The van der Waals surface area contributed by atoms with Gasteiger partial charge in [-0.25, -0.2) is 18.0 Å². The minimum Gasteiger partial charge on any atom is -0.478 e. The molecule has 0 aliphatic carbocycles. The molecule has 0 heterocycles. The molecule has 7 rings (SSSR count). The number of carbonyl (C=O) groups excluding carboxylic acids is 2. The van der Waals surface area contributed by atoms with E-state index >= 15 is 0 Å². The first-order chi connectivity index (χ1) is 35.9. The van der Waals surface area contributed by atoms with Crippen molar-refractivity contribution >= 4 is 140 Å². The first kappa shape index (κ1) is 57.3. The summed E-state index contributed by atoms with van der Waals surface area (Å²) in [5.74, 6) is -5.07. The molecule has 2 amide bonds. The average molecular weight is 1190 g/mol. The quantitative estimate of drug-likeness (QED) is 0.0375. The average Bonchev–Trinajstić information content (AvgIpc) is 3.46. The Labute approximate surface area is 438 Å². The van der Waals surface area contributed by atoms with Crippen molar-refractivity contribution in [3.63, 3.8) is 0 Å². The topological polar surface area (TPSA) is 488 Å². The molecule has 7 aromatic carbocycles. The number of hydrogen-bond acceptors (Lipinski definition) is 20. The lowest BCUT2D eigenvalue weighted by molar-refractivity contribution is 0.0687. The molecule has 0 aliphatic rings. The lowest BCUT2D eigenvalue weighted by atomic mass is 10.1. The summed E-state index contributed by atoms with van der Waals surface area (Å²) in [6, 6.07) is 15.8. The molecule has 9 N–H and O–H groups in total. The maximum atomic E-state index is 13.3. The summed E-state index contributed by atoms with van der Waals surface area (Å²) in [5.41, 5.74) is -3.65. The molecule has 0 aliphatic heterocycles. The van der Waals surface area contributed by atoms with Gasteiger partial charge < -0.3 is 20.8 Å². The fraction of sp³-hybridized carbons (Fsp3) is 0.0233. The standard InChI is InChI=1S/C43H30N6O23S6/c1-73(56,57)26-16-30-28(38(18-26)77(67,68)69)12-24(14-36(30)75(61,62)63)48-46-22-6-8-34(32(10-22)42(52)53)44-40(50)20-2-4-21(5-3-20)41(51)45-35-9-7-23(11-33(35)43(54)55)47-49-25-13-29-31(37(15-25)76(64,65)66)17-27(74(58,59)60)19-39(29)78(70,71)72/h2-19H,1H3,(H,44,50)(H,45,51)(H,52,53)(H,54,55)(H,58,59,60)(H,61,62,63)(H,64,65,66)(H,67,68,69)(H,70,71,72)/b48-46+,49-47+. The normalized spacial score (nSPS) is 12.8. The molecule has 7 aromatic rings. The number of nitrogens with one attached hydrogen (secondary N) is 2. The van der Waals surface area contributed by atoms with Crippen molar-refractivity contribution in [2.24, 2.45) is 20.5 Å². The summed E-state index contributed by atoms with van der Waals surface area (Å²) in [6.45, 7) is 0. The van der Waals surface area contributed by atoms with Crippen LogP contribution in [-0.4, -0.2) is 113 Å². The molecular formula is C43H30N6O23S6. The number of anilines is 2. The van der Waals surface area contributed by atoms with Crippen LogP contribution in [0.3, 0.4) is 0 Å². The van der Waals surface area contributed by atoms with E-state index in [0.29, 0.717) is 36.6 Å². The SMILES string of the molecule is CS(=O)(=O)c1cc(S(=O)(=O)O)c2cc(/N=N/c3ccc(NC(=O)c4ccc(C(=O)Nc5ccc(/N=N/c6cc(S(=O)(=O)O)c7cc(S(=O)(=O)O)cc(S(=O)(=O)O)c7c6)cc5C(=O)O)cc4)c(C(=O)O)c3)cc(S(=O)(=O)O)c2c1. The predicted octanol–water partition coefficient (Wildman–Crippen LogP) is 6.36. The third kappa shape index (κ3) is 12.7. The molecule has 78 heavy (non-hydrogen) atoms. The molecule has 0 saturated carbocycles. The molecule has 0 atom stereocenters. The highest BCUT2D eigenvalue weighted by Gasteiger charge is 2.28. The summed E-state index contributed by atoms with van der Waals surface area (Å²) in [4.78, 5) is 44.7. The van der Waals surface area contributed by atoms with Crippen molar-refractivity contribution < 1.29 is 103 Å². The number of rotatable bonds is 16. The molecule has 0 aromatic heterocycles. The van der Waals surface area contributed by atoms with Gasteiger partial charge in [-0.15, -0.1) is 0 Å². The summed E-state index contributed by atoms with van der Waals surface area (Å²) in [7, 11) is -30.6. The molecule has 0 spiro atoms. The fourth-order valence-electron chi connectivity index (χ4n) is 7.20. The van der Waals surface area contributed by atoms with Crippen molar-refractivity contribution in [3.8, 4) is 0 Å². The lowest BCUT2D eigenvalue weighted by Crippen LogP contribution is -2.16. The number of carboxylic acid groups (broad SMARTS) is 2. The van der Waals surface area contributed by atoms with Crippen LogP contribution >= 0.6 is 0 Å². The fourth-order valence-corrected chi connectivity index (χ4v) is 11.4. The Balaban J connectivity index is 1.09. The van der Waals surface area contributed by atoms with E-state index < -0.39 is 158 Å². The number of carboxylic acids is 2. The third-order valence-electron chi connectivity index (χ3n) is 10.7. The number of aromatic carboxylic acids is 2. The van der Waals surface area contributed by atoms with E-state index in [-0.39, 0.29) is 33.9 Å². The predicted molar refractivity (Wildman–Crippen MR) is 268 cm³/mol. The second kappa shape index (κ2) is 20.5. The number of azo groups is 2. The van der Waals surface area contributed by atoms with Crippen LogP contribution in [0, 0.1) is 0 Å². The molecular weight excluding hydrogens is 1160 g/mol. The maximum Gasteiger partial charge on any atom is 0.337 e. The number of hydrogen-bond donors (Lipinski definition) is 9. The highest BCUT2D eigenvalue weighted by atomic mass is 32.2.